The van der Waals surface area contributed by atoms with E-state index in [0.717, 1.165) is 47.3 Å². The predicted octanol–water partition coefficient (Wildman–Crippen LogP) is 3.42. The van der Waals surface area contributed by atoms with Crippen LogP contribution in [0.1, 0.15) is 17.3 Å². The van der Waals surface area contributed by atoms with Crippen molar-refractivity contribution in [2.75, 3.05) is 17.2 Å². The van der Waals surface area contributed by atoms with Crippen LogP contribution in [0.25, 0.3) is 16.9 Å². The Kier molecular flexibility index (Phi) is 4.31. The molecule has 5 heterocycles. The highest BCUT2D eigenvalue weighted by atomic mass is 15.3. The fraction of sp³-hybridized carbons (Fsp3) is 0.174. The molecule has 0 saturated heterocycles. The molecule has 9 heteroatoms. The molecule has 4 aromatic heterocycles. The summed E-state index contributed by atoms with van der Waals surface area (Å²) in [5.74, 6) is 3.56. The summed E-state index contributed by atoms with van der Waals surface area (Å²) in [7, 11) is 1.87. The molecular weight excluding hydrogens is 402 g/mol. The third kappa shape index (κ3) is 3.24. The van der Waals surface area contributed by atoms with Crippen molar-refractivity contribution in [3.05, 3.63) is 78.4 Å². The van der Waals surface area contributed by atoms with Gasteiger partial charge in [0.05, 0.1) is 11.9 Å². The monoisotopic (exact) mass is 423 g/mol. The van der Waals surface area contributed by atoms with E-state index < -0.39 is 0 Å². The molecule has 5 aromatic rings. The molecule has 2 N–H and O–H groups in total. The second-order valence-corrected chi connectivity index (χ2v) is 7.88. The second-order valence-electron chi connectivity index (χ2n) is 7.88. The fourth-order valence-electron chi connectivity index (χ4n) is 4.16. The van der Waals surface area contributed by atoms with Gasteiger partial charge in [-0.05, 0) is 30.2 Å². The van der Waals surface area contributed by atoms with E-state index in [-0.39, 0.29) is 5.92 Å². The van der Waals surface area contributed by atoms with Crippen LogP contribution in [0.3, 0.4) is 0 Å². The molecule has 32 heavy (non-hydrogen) atoms. The molecule has 0 aliphatic carbocycles. The summed E-state index contributed by atoms with van der Waals surface area (Å²) in [4.78, 5) is 9.03. The van der Waals surface area contributed by atoms with E-state index in [1.165, 1.54) is 5.56 Å². The molecule has 0 saturated carbocycles. The molecule has 1 aromatic carbocycles. The van der Waals surface area contributed by atoms with Crippen molar-refractivity contribution in [2.24, 2.45) is 7.05 Å². The number of aryl methyl sites for hydroxylation is 1. The van der Waals surface area contributed by atoms with E-state index >= 15 is 0 Å². The first-order valence-electron chi connectivity index (χ1n) is 10.5. The van der Waals surface area contributed by atoms with Crippen molar-refractivity contribution in [3.63, 3.8) is 0 Å². The number of nitrogens with one attached hydrogen (secondary N) is 2. The Hall–Kier alpha value is -4.27. The number of rotatable bonds is 5. The largest absolute Gasteiger partial charge is 0.370 e. The highest BCUT2D eigenvalue weighted by molar-refractivity contribution is 5.71. The summed E-state index contributed by atoms with van der Waals surface area (Å²) in [6.45, 7) is 0.809. The minimum absolute atomic E-state index is 0.263. The van der Waals surface area contributed by atoms with Crippen LogP contribution < -0.4 is 10.6 Å². The maximum atomic E-state index is 4.69. The third-order valence-corrected chi connectivity index (χ3v) is 5.76. The number of aromatic nitrogens is 7. The van der Waals surface area contributed by atoms with Gasteiger partial charge in [-0.25, -0.2) is 9.97 Å². The Bertz CT molecular complexity index is 1400. The van der Waals surface area contributed by atoms with Crippen LogP contribution in [0.15, 0.2) is 67.0 Å². The van der Waals surface area contributed by atoms with E-state index in [1.807, 2.05) is 31.3 Å². The van der Waals surface area contributed by atoms with Crippen molar-refractivity contribution < 1.29 is 0 Å². The van der Waals surface area contributed by atoms with Crippen molar-refractivity contribution in [1.82, 2.24) is 34.3 Å². The van der Waals surface area contributed by atoms with E-state index in [1.54, 1.807) is 17.1 Å². The SMILES string of the molecule is Cn1nccc1Nc1nccc(-c2cc3n4c(nnc4c2)C(Cc2ccccc2)CN3)n1. The summed E-state index contributed by atoms with van der Waals surface area (Å²) in [5, 5.41) is 19.9. The summed E-state index contributed by atoms with van der Waals surface area (Å²) in [6, 6.07) is 18.4. The second kappa shape index (κ2) is 7.45. The molecule has 9 nitrogen and oxygen atoms in total. The van der Waals surface area contributed by atoms with Crippen LogP contribution in [0, 0.1) is 0 Å². The Labute approximate surface area is 184 Å². The topological polar surface area (TPSA) is 97.9 Å². The molecule has 6 rings (SSSR count). The average Bonchev–Trinajstić information content (AvgIpc) is 3.44. The van der Waals surface area contributed by atoms with Crippen LogP contribution in [-0.4, -0.2) is 40.9 Å². The van der Waals surface area contributed by atoms with E-state index in [9.17, 15) is 0 Å². The van der Waals surface area contributed by atoms with Gasteiger partial charge in [0.1, 0.15) is 17.5 Å². The standard InChI is InChI=1S/C23H21N9/c1-31-19(8-10-26-31)28-23-24-9-7-18(27-23)16-12-20-25-14-17(11-15-5-3-2-4-6-15)22-30-29-21(13-16)32(20)22/h2-10,12-13,17,25H,11,14H2,1H3,(H,24,27,28). The lowest BCUT2D eigenvalue weighted by Gasteiger charge is -2.24. The first-order chi connectivity index (χ1) is 15.7. The average molecular weight is 423 g/mol. The van der Waals surface area contributed by atoms with Gasteiger partial charge in [-0.1, -0.05) is 30.3 Å². The highest BCUT2D eigenvalue weighted by Crippen LogP contribution is 2.31. The normalized spacial score (nSPS) is 15.0. The molecule has 1 atom stereocenters. The minimum Gasteiger partial charge on any atom is -0.370 e. The molecule has 0 spiro atoms. The highest BCUT2D eigenvalue weighted by Gasteiger charge is 2.25. The minimum atomic E-state index is 0.263. The predicted molar refractivity (Wildman–Crippen MR) is 122 cm³/mol. The smallest absolute Gasteiger partial charge is 0.228 e. The molecule has 0 amide bonds. The zero-order valence-corrected chi connectivity index (χ0v) is 17.5. The van der Waals surface area contributed by atoms with E-state index in [2.05, 4.69) is 70.6 Å². The fourth-order valence-corrected chi connectivity index (χ4v) is 4.16. The van der Waals surface area contributed by atoms with E-state index in [4.69, 9.17) is 0 Å². The summed E-state index contributed by atoms with van der Waals surface area (Å²) >= 11 is 0. The maximum absolute atomic E-state index is 4.69. The summed E-state index contributed by atoms with van der Waals surface area (Å²) in [6.07, 6.45) is 4.39. The number of benzene rings is 1. The van der Waals surface area contributed by atoms with Crippen molar-refractivity contribution in [3.8, 4) is 11.3 Å². The Morgan fingerprint density at radius 2 is 1.97 bits per heavy atom. The van der Waals surface area contributed by atoms with Crippen LogP contribution >= 0.6 is 0 Å². The Morgan fingerprint density at radius 1 is 1.06 bits per heavy atom. The zero-order valence-electron chi connectivity index (χ0n) is 17.5. The van der Waals surface area contributed by atoms with Gasteiger partial charge in [0.2, 0.25) is 5.95 Å². The van der Waals surface area contributed by atoms with Gasteiger partial charge < -0.3 is 10.6 Å². The lowest BCUT2D eigenvalue weighted by molar-refractivity contribution is 0.635. The molecule has 1 aliphatic heterocycles. The molecule has 1 aliphatic rings. The number of hydrogen-bond acceptors (Lipinski definition) is 7. The van der Waals surface area contributed by atoms with Gasteiger partial charge >= 0.3 is 0 Å². The molecule has 0 radical (unpaired) electrons. The van der Waals surface area contributed by atoms with Gasteiger partial charge in [-0.2, -0.15) is 5.10 Å². The van der Waals surface area contributed by atoms with Gasteiger partial charge in [-0.3, -0.25) is 9.08 Å². The van der Waals surface area contributed by atoms with Crippen LogP contribution in [0.5, 0.6) is 0 Å². The van der Waals surface area contributed by atoms with E-state index in [0.29, 0.717) is 5.95 Å². The van der Waals surface area contributed by atoms with Crippen LogP contribution in [-0.2, 0) is 13.5 Å². The molecule has 158 valence electrons. The van der Waals surface area contributed by atoms with Gasteiger partial charge in [0.15, 0.2) is 5.65 Å². The maximum Gasteiger partial charge on any atom is 0.228 e. The summed E-state index contributed by atoms with van der Waals surface area (Å²) in [5.41, 5.74) is 3.86. The lowest BCUT2D eigenvalue weighted by Crippen LogP contribution is -2.24. The van der Waals surface area contributed by atoms with Gasteiger partial charge in [0, 0.05) is 37.3 Å². The molecule has 1 unspecified atom stereocenters. The van der Waals surface area contributed by atoms with Gasteiger partial charge in [-0.15, -0.1) is 10.2 Å². The lowest BCUT2D eigenvalue weighted by atomic mass is 9.97. The van der Waals surface area contributed by atoms with Gasteiger partial charge in [0.25, 0.3) is 0 Å². The van der Waals surface area contributed by atoms with Crippen LogP contribution in [0.2, 0.25) is 0 Å². The summed E-state index contributed by atoms with van der Waals surface area (Å²) < 4.78 is 3.84. The molecule has 0 fully saturated rings. The number of anilines is 3. The van der Waals surface area contributed by atoms with Crippen LogP contribution in [0.4, 0.5) is 17.6 Å². The first kappa shape index (κ1) is 18.5. The number of nitrogens with zero attached hydrogens (tertiary/aromatic N) is 7. The number of hydrogen-bond donors (Lipinski definition) is 2. The number of pyridine rings is 1. The molecular formula is C23H21N9. The third-order valence-electron chi connectivity index (χ3n) is 5.76. The van der Waals surface area contributed by atoms with Crippen molar-refractivity contribution >= 4 is 23.2 Å². The first-order valence-corrected chi connectivity index (χ1v) is 10.5. The zero-order chi connectivity index (χ0) is 21.5. The quantitative estimate of drug-likeness (QED) is 0.447. The van der Waals surface area contributed by atoms with Crippen molar-refractivity contribution in [1.29, 1.82) is 0 Å². The Morgan fingerprint density at radius 3 is 2.81 bits per heavy atom. The van der Waals surface area contributed by atoms with Crippen molar-refractivity contribution in [2.45, 2.75) is 12.3 Å². The molecule has 0 bridgehead atoms. The Balaban J connectivity index is 1.33.